The molecule has 0 aliphatic heterocycles. The van der Waals surface area contributed by atoms with Crippen LogP contribution in [0.25, 0.3) is 0 Å². The van der Waals surface area contributed by atoms with Gasteiger partial charge in [0.1, 0.15) is 12.6 Å². The van der Waals surface area contributed by atoms with E-state index in [1.165, 1.54) is 51.0 Å². The Bertz CT molecular complexity index is 1240. The minimum Gasteiger partial charge on any atom is -0.480 e. The van der Waals surface area contributed by atoms with E-state index in [4.69, 9.17) is 24.8 Å². The lowest BCUT2D eigenvalue weighted by atomic mass is 10.0. The Hall–Kier alpha value is -2.94. The fourth-order valence-corrected chi connectivity index (χ4v) is 5.83. The Kier molecular flexibility index (Phi) is 33.4. The number of unbranched alkanes of at least 4 members (excludes halogenated alkanes) is 11. The molecule has 1 unspecified atom stereocenters. The van der Waals surface area contributed by atoms with Crippen molar-refractivity contribution >= 4 is 25.7 Å². The second-order valence-corrected chi connectivity index (χ2v) is 15.1. The van der Waals surface area contributed by atoms with Crippen molar-refractivity contribution in [3.05, 3.63) is 60.8 Å². The van der Waals surface area contributed by atoms with Gasteiger partial charge in [-0.1, -0.05) is 145 Å². The van der Waals surface area contributed by atoms with Crippen LogP contribution in [0.15, 0.2) is 60.8 Å². The van der Waals surface area contributed by atoms with Gasteiger partial charge in [-0.05, 0) is 32.1 Å². The van der Waals surface area contributed by atoms with E-state index in [0.717, 1.165) is 32.1 Å². The van der Waals surface area contributed by atoms with E-state index in [1.807, 2.05) is 19.1 Å². The molecular weight excluding hydrogens is 745 g/mol. The minimum atomic E-state index is -4.80. The van der Waals surface area contributed by atoms with Crippen molar-refractivity contribution in [1.82, 2.24) is 0 Å². The number of aliphatic hydroxyl groups is 3. The van der Waals surface area contributed by atoms with Crippen LogP contribution in [-0.4, -0.2) is 93.5 Å². The lowest BCUT2D eigenvalue weighted by Crippen LogP contribution is -2.34. The predicted octanol–water partition coefficient (Wildman–Crippen LogP) is 6.91. The minimum absolute atomic E-state index is 0.0782. The summed E-state index contributed by atoms with van der Waals surface area (Å²) >= 11 is 0. The molecule has 0 amide bonds. The lowest BCUT2D eigenvalue weighted by molar-refractivity contribution is -0.161. The van der Waals surface area contributed by atoms with Crippen LogP contribution >= 0.6 is 7.82 Å². The number of carbonyl (C=O) groups excluding carboxylic acids is 2. The van der Waals surface area contributed by atoms with Gasteiger partial charge in [-0.25, -0.2) is 4.57 Å². The number of ether oxygens (including phenoxy) is 2. The summed E-state index contributed by atoms with van der Waals surface area (Å²) in [5.41, 5.74) is 5.30. The van der Waals surface area contributed by atoms with Crippen molar-refractivity contribution in [3.63, 3.8) is 0 Å². The van der Waals surface area contributed by atoms with E-state index >= 15 is 0 Å². The molecule has 0 aliphatic carbocycles. The summed E-state index contributed by atoms with van der Waals surface area (Å²) in [4.78, 5) is 45.9. The number of rotatable bonds is 36. The van der Waals surface area contributed by atoms with Gasteiger partial charge < -0.3 is 40.5 Å². The van der Waals surface area contributed by atoms with E-state index in [9.17, 15) is 39.2 Å². The van der Waals surface area contributed by atoms with Gasteiger partial charge in [0.2, 0.25) is 0 Å². The summed E-state index contributed by atoms with van der Waals surface area (Å²) in [6.07, 6.45) is 28.2. The number of carboxylic acids is 1. The number of allylic oxidation sites excluding steroid dienone is 7. The van der Waals surface area contributed by atoms with Gasteiger partial charge in [-0.3, -0.25) is 23.4 Å². The van der Waals surface area contributed by atoms with E-state index in [2.05, 4.69) is 11.4 Å². The van der Waals surface area contributed by atoms with Crippen molar-refractivity contribution in [2.24, 2.45) is 5.73 Å². The van der Waals surface area contributed by atoms with Crippen LogP contribution in [0.5, 0.6) is 0 Å². The maximum Gasteiger partial charge on any atom is 0.472 e. The highest BCUT2D eigenvalue weighted by Gasteiger charge is 2.28. The Morgan fingerprint density at radius 2 is 1.21 bits per heavy atom. The highest BCUT2D eigenvalue weighted by Crippen LogP contribution is 2.43. The molecule has 0 aromatic rings. The molecule has 14 nitrogen and oxygen atoms in total. The van der Waals surface area contributed by atoms with Gasteiger partial charge >= 0.3 is 25.7 Å². The average molecular weight is 816 g/mol. The molecule has 15 heteroatoms. The summed E-state index contributed by atoms with van der Waals surface area (Å²) < 4.78 is 32.4. The van der Waals surface area contributed by atoms with Crippen LogP contribution in [-0.2, 0) is 37.5 Å². The van der Waals surface area contributed by atoms with Crippen LogP contribution in [0.4, 0.5) is 0 Å². The molecule has 56 heavy (non-hydrogen) atoms. The number of nitrogens with two attached hydrogens (primary N) is 1. The fraction of sp³-hybridized carbons (Fsp3) is 0.683. The number of phosphoric acid groups is 1. The van der Waals surface area contributed by atoms with E-state index in [0.29, 0.717) is 12.8 Å². The third-order valence-corrected chi connectivity index (χ3v) is 9.32. The molecule has 6 atom stereocenters. The second kappa shape index (κ2) is 35.2. The molecule has 0 heterocycles. The third kappa shape index (κ3) is 33.2. The second-order valence-electron chi connectivity index (χ2n) is 13.6. The smallest absolute Gasteiger partial charge is 0.472 e. The first-order valence-electron chi connectivity index (χ1n) is 20.1. The van der Waals surface area contributed by atoms with Gasteiger partial charge in [0.25, 0.3) is 0 Å². The molecule has 0 radical (unpaired) electrons. The van der Waals surface area contributed by atoms with Crippen LogP contribution in [0.2, 0.25) is 0 Å². The highest BCUT2D eigenvalue weighted by molar-refractivity contribution is 7.47. The van der Waals surface area contributed by atoms with Gasteiger partial charge in [0, 0.05) is 12.8 Å². The Morgan fingerprint density at radius 3 is 1.80 bits per heavy atom. The number of hydrogen-bond donors (Lipinski definition) is 6. The lowest BCUT2D eigenvalue weighted by Gasteiger charge is -2.20. The number of esters is 2. The van der Waals surface area contributed by atoms with Crippen molar-refractivity contribution in [2.75, 3.05) is 19.8 Å². The van der Waals surface area contributed by atoms with Crippen molar-refractivity contribution < 1.29 is 62.8 Å². The Labute approximate surface area is 334 Å². The molecule has 0 bridgehead atoms. The summed E-state index contributed by atoms with van der Waals surface area (Å²) in [6, 6.07) is -1.57. The maximum absolute atomic E-state index is 12.6. The van der Waals surface area contributed by atoms with Gasteiger partial charge in [-0.15, -0.1) is 0 Å². The first-order chi connectivity index (χ1) is 26.8. The van der Waals surface area contributed by atoms with Crippen LogP contribution < -0.4 is 5.73 Å². The number of phosphoric ester groups is 1. The molecule has 0 saturated carbocycles. The number of aliphatic hydroxyl groups excluding tert-OH is 3. The Morgan fingerprint density at radius 1 is 0.679 bits per heavy atom. The van der Waals surface area contributed by atoms with Gasteiger partial charge in [0.15, 0.2) is 6.10 Å². The van der Waals surface area contributed by atoms with Gasteiger partial charge in [0.05, 0.1) is 31.5 Å². The zero-order chi connectivity index (χ0) is 41.9. The van der Waals surface area contributed by atoms with Crippen molar-refractivity contribution in [1.29, 1.82) is 0 Å². The summed E-state index contributed by atoms with van der Waals surface area (Å²) in [5, 5.41) is 39.2. The first kappa shape index (κ1) is 53.1. The molecule has 322 valence electrons. The fourth-order valence-electron chi connectivity index (χ4n) is 5.05. The maximum atomic E-state index is 12.6. The van der Waals surface area contributed by atoms with Crippen LogP contribution in [0, 0.1) is 0 Å². The summed E-state index contributed by atoms with van der Waals surface area (Å²) in [7, 11) is -4.80. The zero-order valence-corrected chi connectivity index (χ0v) is 34.4. The number of carbonyl (C=O) groups is 3. The zero-order valence-electron chi connectivity index (χ0n) is 33.5. The number of hydrogen-bond acceptors (Lipinski definition) is 12. The predicted molar refractivity (Wildman–Crippen MR) is 216 cm³/mol. The molecule has 0 fully saturated rings. The molecule has 0 saturated heterocycles. The van der Waals surface area contributed by atoms with Crippen molar-refractivity contribution in [2.45, 2.75) is 160 Å². The molecule has 0 spiro atoms. The molecule has 7 N–H and O–H groups in total. The summed E-state index contributed by atoms with van der Waals surface area (Å²) in [5.74, 6) is -2.76. The standard InChI is InChI=1S/C41H70NO13P/c1-3-5-7-8-9-10-11-12-13-14-19-23-29-40(47)55-35(32-53-56(50,51)54-33-36(42)41(48)49)31-52-39(46)30-24-28-38(45)37(44)27-22-18-16-15-17-21-26-34(43)25-20-6-4-2/h6,15-18,20-22,26-27,34-38,43-45H,3-5,7-14,19,23-25,28-33,42H2,1-2H3,(H,48,49)(H,50,51)/b17-15+,18-16-,20-6-,26-21+,27-22-/t34-,35-,36+,37+,38+/m1/s1. The molecule has 0 aromatic heterocycles. The first-order valence-corrected chi connectivity index (χ1v) is 21.6. The number of carboxylic acid groups (broad SMARTS) is 1. The van der Waals surface area contributed by atoms with E-state index in [-0.39, 0.29) is 25.7 Å². The van der Waals surface area contributed by atoms with E-state index < -0.39 is 76.0 Å². The monoisotopic (exact) mass is 815 g/mol. The Balaban J connectivity index is 4.75. The van der Waals surface area contributed by atoms with Gasteiger partial charge in [-0.2, -0.15) is 0 Å². The number of aliphatic carboxylic acids is 1. The third-order valence-electron chi connectivity index (χ3n) is 8.37. The molecular formula is C41H70NO13P. The van der Waals surface area contributed by atoms with Crippen LogP contribution in [0.1, 0.15) is 129 Å². The molecule has 0 rings (SSSR count). The SMILES string of the molecule is CC/C=C\C[C@@H](O)/C=C/C=C/C=C\C=C/[C@H](O)[C@@H](O)CCCC(=O)OC[C@H](COP(=O)(O)OC[C@H](N)C(=O)O)OC(=O)CCCCCCCCCCCCCC. The van der Waals surface area contributed by atoms with Crippen LogP contribution in [0.3, 0.4) is 0 Å². The van der Waals surface area contributed by atoms with E-state index in [1.54, 1.807) is 42.5 Å². The normalized spacial score (nSPS) is 16.1. The van der Waals surface area contributed by atoms with Crippen molar-refractivity contribution in [3.8, 4) is 0 Å². The average Bonchev–Trinajstić information content (AvgIpc) is 3.16. The largest absolute Gasteiger partial charge is 0.480 e. The topological polar surface area (TPSA) is 232 Å². The summed E-state index contributed by atoms with van der Waals surface area (Å²) in [6.45, 7) is 2.23. The highest BCUT2D eigenvalue weighted by atomic mass is 31.2. The molecule has 0 aromatic carbocycles. The molecule has 0 aliphatic rings. The quantitative estimate of drug-likeness (QED) is 0.0124.